The number of nitriles is 1. The highest BCUT2D eigenvalue weighted by molar-refractivity contribution is 5.97. The number of aromatic hydroxyl groups is 1. The molecule has 4 heteroatoms. The fraction of sp³-hybridized carbons (Fsp3) is 0.652. The largest absolute Gasteiger partial charge is 0.507 e. The van der Waals surface area contributed by atoms with E-state index in [0.29, 0.717) is 30.8 Å². The standard InChI is InChI=1S/C23H35NO3/c1-3-14-21-22(16-15-20(19(2)25)23(21)26)27-18-13-11-9-7-5-4-6-8-10-12-17-24/h15-16,26H,3-14,18H2,1-2H3. The third kappa shape index (κ3) is 8.95. The molecule has 0 fully saturated rings. The second kappa shape index (κ2) is 14.1. The van der Waals surface area contributed by atoms with Crippen molar-refractivity contribution in [1.29, 1.82) is 5.26 Å². The van der Waals surface area contributed by atoms with Gasteiger partial charge in [0, 0.05) is 12.0 Å². The molecule has 0 amide bonds. The van der Waals surface area contributed by atoms with Gasteiger partial charge in [-0.05, 0) is 38.3 Å². The van der Waals surface area contributed by atoms with Crippen LogP contribution in [0.4, 0.5) is 0 Å². The summed E-state index contributed by atoms with van der Waals surface area (Å²) in [6.45, 7) is 4.16. The van der Waals surface area contributed by atoms with Crippen LogP contribution in [0.3, 0.4) is 0 Å². The van der Waals surface area contributed by atoms with Gasteiger partial charge in [0.25, 0.3) is 0 Å². The molecule has 0 unspecified atom stereocenters. The van der Waals surface area contributed by atoms with Gasteiger partial charge in [0.05, 0.1) is 18.2 Å². The molecule has 0 aliphatic rings. The normalized spacial score (nSPS) is 10.6. The van der Waals surface area contributed by atoms with E-state index >= 15 is 0 Å². The van der Waals surface area contributed by atoms with Crippen molar-refractivity contribution in [3.63, 3.8) is 0 Å². The molecule has 0 aromatic heterocycles. The van der Waals surface area contributed by atoms with Crippen LogP contribution in [0.5, 0.6) is 11.5 Å². The van der Waals surface area contributed by atoms with E-state index in [4.69, 9.17) is 10.00 Å². The molecule has 1 aromatic carbocycles. The molecule has 1 N–H and O–H groups in total. The first-order valence-electron chi connectivity index (χ1n) is 10.5. The summed E-state index contributed by atoms with van der Waals surface area (Å²) in [7, 11) is 0. The smallest absolute Gasteiger partial charge is 0.163 e. The highest BCUT2D eigenvalue weighted by Crippen LogP contribution is 2.33. The van der Waals surface area contributed by atoms with Crippen LogP contribution in [0.25, 0.3) is 0 Å². The van der Waals surface area contributed by atoms with Crippen molar-refractivity contribution in [3.05, 3.63) is 23.3 Å². The number of benzene rings is 1. The molecule has 0 heterocycles. The molecule has 0 saturated heterocycles. The fourth-order valence-corrected chi connectivity index (χ4v) is 3.25. The van der Waals surface area contributed by atoms with E-state index in [-0.39, 0.29) is 11.5 Å². The number of nitrogens with zero attached hydrogens (tertiary/aromatic N) is 1. The highest BCUT2D eigenvalue weighted by Gasteiger charge is 2.15. The summed E-state index contributed by atoms with van der Waals surface area (Å²) in [6.07, 6.45) is 12.9. The fourth-order valence-electron chi connectivity index (χ4n) is 3.25. The van der Waals surface area contributed by atoms with Gasteiger partial charge in [-0.25, -0.2) is 0 Å². The van der Waals surface area contributed by atoms with E-state index in [9.17, 15) is 9.90 Å². The maximum absolute atomic E-state index is 11.6. The molecule has 1 aromatic rings. The van der Waals surface area contributed by atoms with Crippen molar-refractivity contribution >= 4 is 5.78 Å². The van der Waals surface area contributed by atoms with E-state index in [2.05, 4.69) is 6.07 Å². The van der Waals surface area contributed by atoms with Crippen LogP contribution in [-0.2, 0) is 6.42 Å². The molecule has 0 spiro atoms. The van der Waals surface area contributed by atoms with Crippen LogP contribution >= 0.6 is 0 Å². The summed E-state index contributed by atoms with van der Waals surface area (Å²) in [6, 6.07) is 5.66. The summed E-state index contributed by atoms with van der Waals surface area (Å²) >= 11 is 0. The molecule has 0 radical (unpaired) electrons. The van der Waals surface area contributed by atoms with Crippen LogP contribution in [0.2, 0.25) is 0 Å². The number of rotatable bonds is 15. The molecule has 0 aliphatic heterocycles. The van der Waals surface area contributed by atoms with Gasteiger partial charge in [-0.3, -0.25) is 4.79 Å². The molecular weight excluding hydrogens is 338 g/mol. The zero-order chi connectivity index (χ0) is 19.9. The number of ether oxygens (including phenoxy) is 1. The zero-order valence-corrected chi connectivity index (χ0v) is 17.1. The first-order valence-corrected chi connectivity index (χ1v) is 10.5. The van der Waals surface area contributed by atoms with Gasteiger partial charge in [0.15, 0.2) is 5.78 Å². The summed E-state index contributed by atoms with van der Waals surface area (Å²) in [5.41, 5.74) is 1.13. The maximum Gasteiger partial charge on any atom is 0.163 e. The molecule has 1 rings (SSSR count). The Hall–Kier alpha value is -2.02. The number of carbonyl (C=O) groups is 1. The molecule has 150 valence electrons. The van der Waals surface area contributed by atoms with Crippen molar-refractivity contribution in [2.24, 2.45) is 0 Å². The Morgan fingerprint density at radius 1 is 1.04 bits per heavy atom. The second-order valence-electron chi connectivity index (χ2n) is 7.18. The lowest BCUT2D eigenvalue weighted by Gasteiger charge is -2.14. The number of hydrogen-bond acceptors (Lipinski definition) is 4. The number of phenolic OH excluding ortho intramolecular Hbond substituents is 1. The first-order chi connectivity index (χ1) is 13.1. The Morgan fingerprint density at radius 3 is 2.19 bits per heavy atom. The molecule has 0 aliphatic carbocycles. The second-order valence-corrected chi connectivity index (χ2v) is 7.18. The monoisotopic (exact) mass is 373 g/mol. The van der Waals surface area contributed by atoms with E-state index < -0.39 is 0 Å². The van der Waals surface area contributed by atoms with Gasteiger partial charge >= 0.3 is 0 Å². The van der Waals surface area contributed by atoms with E-state index in [0.717, 1.165) is 31.2 Å². The lowest BCUT2D eigenvalue weighted by Crippen LogP contribution is -2.03. The Bertz CT molecular complexity index is 604. The van der Waals surface area contributed by atoms with Gasteiger partial charge in [0.1, 0.15) is 11.5 Å². The van der Waals surface area contributed by atoms with E-state index in [1.165, 1.54) is 45.4 Å². The maximum atomic E-state index is 11.6. The summed E-state index contributed by atoms with van der Waals surface area (Å²) < 4.78 is 5.89. The van der Waals surface area contributed by atoms with Crippen molar-refractivity contribution in [2.75, 3.05) is 6.61 Å². The number of phenols is 1. The lowest BCUT2D eigenvalue weighted by atomic mass is 10.0. The first kappa shape index (κ1) is 23.0. The average Bonchev–Trinajstić information content (AvgIpc) is 2.65. The molecule has 0 saturated carbocycles. The number of Topliss-reactive ketones (excluding diaryl/α,β-unsaturated/α-hetero) is 1. The van der Waals surface area contributed by atoms with Crippen molar-refractivity contribution in [1.82, 2.24) is 0 Å². The minimum atomic E-state index is -0.124. The van der Waals surface area contributed by atoms with Crippen molar-refractivity contribution in [3.8, 4) is 17.6 Å². The Balaban J connectivity index is 2.24. The van der Waals surface area contributed by atoms with Crippen LogP contribution < -0.4 is 4.74 Å². The quantitative estimate of drug-likeness (QED) is 0.287. The summed E-state index contributed by atoms with van der Waals surface area (Å²) in [4.78, 5) is 11.6. The third-order valence-corrected chi connectivity index (χ3v) is 4.81. The minimum absolute atomic E-state index is 0.0802. The highest BCUT2D eigenvalue weighted by atomic mass is 16.5. The Morgan fingerprint density at radius 2 is 1.63 bits per heavy atom. The summed E-state index contributed by atoms with van der Waals surface area (Å²) in [5, 5.41) is 18.8. The zero-order valence-electron chi connectivity index (χ0n) is 17.1. The summed E-state index contributed by atoms with van der Waals surface area (Å²) in [5.74, 6) is 0.662. The molecule has 4 nitrogen and oxygen atoms in total. The molecule has 27 heavy (non-hydrogen) atoms. The SMILES string of the molecule is CCCc1c(OCCCCCCCCCCCC#N)ccc(C(C)=O)c1O. The molecular formula is C23H35NO3. The topological polar surface area (TPSA) is 70.3 Å². The van der Waals surface area contributed by atoms with E-state index in [1.54, 1.807) is 6.07 Å². The lowest BCUT2D eigenvalue weighted by molar-refractivity contribution is 0.101. The van der Waals surface area contributed by atoms with Crippen molar-refractivity contribution < 1.29 is 14.6 Å². The van der Waals surface area contributed by atoms with Gasteiger partial charge in [0.2, 0.25) is 0 Å². The van der Waals surface area contributed by atoms with Crippen LogP contribution in [-0.4, -0.2) is 17.5 Å². The number of carbonyl (C=O) groups excluding carboxylic acids is 1. The predicted octanol–water partition coefficient (Wildman–Crippen LogP) is 6.35. The number of ketones is 1. The van der Waals surface area contributed by atoms with Gasteiger partial charge in [-0.15, -0.1) is 0 Å². The minimum Gasteiger partial charge on any atom is -0.507 e. The van der Waals surface area contributed by atoms with Gasteiger partial charge in [-0.1, -0.05) is 58.3 Å². The Labute approximate surface area is 164 Å². The number of hydrogen-bond donors (Lipinski definition) is 1. The van der Waals surface area contributed by atoms with Gasteiger partial charge < -0.3 is 9.84 Å². The molecule has 0 atom stereocenters. The third-order valence-electron chi connectivity index (χ3n) is 4.81. The molecule has 0 bridgehead atoms. The Kier molecular flexibility index (Phi) is 12.0. The van der Waals surface area contributed by atoms with Crippen LogP contribution in [0, 0.1) is 11.3 Å². The average molecular weight is 374 g/mol. The van der Waals surface area contributed by atoms with Crippen molar-refractivity contribution in [2.45, 2.75) is 90.9 Å². The van der Waals surface area contributed by atoms with Gasteiger partial charge in [-0.2, -0.15) is 5.26 Å². The van der Waals surface area contributed by atoms with Crippen LogP contribution in [0.1, 0.15) is 100 Å². The number of unbranched alkanes of at least 4 members (excludes halogenated alkanes) is 9. The predicted molar refractivity (Wildman–Crippen MR) is 109 cm³/mol. The van der Waals surface area contributed by atoms with Crippen LogP contribution in [0.15, 0.2) is 12.1 Å². The van der Waals surface area contributed by atoms with E-state index in [1.807, 2.05) is 13.0 Å².